The molecule has 6 nitrogen and oxygen atoms in total. The Morgan fingerprint density at radius 2 is 1.96 bits per heavy atom. The summed E-state index contributed by atoms with van der Waals surface area (Å²) in [6.07, 6.45) is 0.623. The van der Waals surface area contributed by atoms with E-state index in [0.717, 1.165) is 5.56 Å². The fourth-order valence-electron chi connectivity index (χ4n) is 3.34. The number of likely N-dealkylation sites (tertiary alicyclic amines) is 1. The summed E-state index contributed by atoms with van der Waals surface area (Å²) in [5.41, 5.74) is 1.71. The van der Waals surface area contributed by atoms with Crippen molar-refractivity contribution in [2.24, 2.45) is 0 Å². The number of urea groups is 1. The molecule has 1 atom stereocenters. The van der Waals surface area contributed by atoms with Crippen LogP contribution in [0, 0.1) is 0 Å². The van der Waals surface area contributed by atoms with E-state index in [2.05, 4.69) is 5.32 Å². The molecule has 4 amide bonds. The van der Waals surface area contributed by atoms with Gasteiger partial charge in [0.2, 0.25) is 5.91 Å². The lowest BCUT2D eigenvalue weighted by molar-refractivity contribution is -0.126. The van der Waals surface area contributed by atoms with Gasteiger partial charge >= 0.3 is 6.03 Å². The van der Waals surface area contributed by atoms with Crippen LogP contribution < -0.4 is 5.32 Å². The first kappa shape index (κ1) is 15.8. The van der Waals surface area contributed by atoms with Gasteiger partial charge in [-0.25, -0.2) is 4.79 Å². The maximum absolute atomic E-state index is 12.7. The van der Waals surface area contributed by atoms with E-state index in [1.54, 1.807) is 16.2 Å². The molecule has 4 rings (SSSR count). The number of carbonyl (C=O) groups excluding carboxylic acids is 3. The van der Waals surface area contributed by atoms with Gasteiger partial charge in [-0.15, -0.1) is 11.3 Å². The predicted molar refractivity (Wildman–Crippen MR) is 94.3 cm³/mol. The number of nitrogens with one attached hydrogen (secondary N) is 1. The molecule has 1 aromatic carbocycles. The van der Waals surface area contributed by atoms with Crippen LogP contribution in [0.3, 0.4) is 0 Å². The minimum absolute atomic E-state index is 0.0491. The molecule has 1 N–H and O–H groups in total. The molecule has 3 heterocycles. The maximum atomic E-state index is 12.7. The van der Waals surface area contributed by atoms with Crippen LogP contribution in [0.4, 0.5) is 4.79 Å². The molecular weight excluding hydrogens is 338 g/mol. The molecule has 1 unspecified atom stereocenters. The number of nitrogens with zero attached hydrogens (tertiary/aromatic N) is 2. The number of carbonyl (C=O) groups is 3. The molecule has 2 aromatic rings. The van der Waals surface area contributed by atoms with Crippen molar-refractivity contribution in [3.05, 3.63) is 47.3 Å². The molecule has 2 aliphatic rings. The van der Waals surface area contributed by atoms with Crippen molar-refractivity contribution < 1.29 is 14.4 Å². The SMILES string of the molecule is O=C(c1ccc(-c2cccs2)cc1)N1CCC(N2C(=O)CNC2=O)C1. The zero-order valence-corrected chi connectivity index (χ0v) is 14.3. The molecule has 0 bridgehead atoms. The van der Waals surface area contributed by atoms with Gasteiger partial charge in [0.05, 0.1) is 12.6 Å². The molecular formula is C18H17N3O3S. The lowest BCUT2D eigenvalue weighted by Gasteiger charge is -2.21. The Kier molecular flexibility index (Phi) is 4.01. The molecule has 128 valence electrons. The first-order valence-corrected chi connectivity index (χ1v) is 9.04. The van der Waals surface area contributed by atoms with Crippen LogP contribution in [-0.4, -0.2) is 53.3 Å². The summed E-state index contributed by atoms with van der Waals surface area (Å²) in [6.45, 7) is 0.991. The van der Waals surface area contributed by atoms with Crippen molar-refractivity contribution >= 4 is 29.2 Å². The highest BCUT2D eigenvalue weighted by molar-refractivity contribution is 7.13. The highest BCUT2D eigenvalue weighted by Crippen LogP contribution is 2.26. The van der Waals surface area contributed by atoms with E-state index in [9.17, 15) is 14.4 Å². The average Bonchev–Trinajstić information content (AvgIpc) is 3.36. The van der Waals surface area contributed by atoms with Gasteiger partial charge in [0, 0.05) is 23.5 Å². The third-order valence-corrected chi connectivity index (χ3v) is 5.55. The highest BCUT2D eigenvalue weighted by atomic mass is 32.1. The smallest absolute Gasteiger partial charge is 0.324 e. The topological polar surface area (TPSA) is 69.7 Å². The van der Waals surface area contributed by atoms with Crippen molar-refractivity contribution in [3.8, 4) is 10.4 Å². The summed E-state index contributed by atoms with van der Waals surface area (Å²) in [6, 6.07) is 11.0. The number of amides is 4. The molecule has 1 aromatic heterocycles. The number of benzene rings is 1. The Hall–Kier alpha value is -2.67. The summed E-state index contributed by atoms with van der Waals surface area (Å²) < 4.78 is 0. The monoisotopic (exact) mass is 355 g/mol. The van der Waals surface area contributed by atoms with Crippen LogP contribution in [0.15, 0.2) is 41.8 Å². The molecule has 2 saturated heterocycles. The normalized spacial score (nSPS) is 20.2. The van der Waals surface area contributed by atoms with Gasteiger partial charge in [0.1, 0.15) is 0 Å². The summed E-state index contributed by atoms with van der Waals surface area (Å²) >= 11 is 1.66. The van der Waals surface area contributed by atoms with Gasteiger partial charge in [-0.05, 0) is 35.6 Å². The quantitative estimate of drug-likeness (QED) is 0.858. The number of hydrogen-bond acceptors (Lipinski definition) is 4. The van der Waals surface area contributed by atoms with E-state index < -0.39 is 0 Å². The van der Waals surface area contributed by atoms with Crippen LogP contribution in [0.1, 0.15) is 16.8 Å². The third kappa shape index (κ3) is 2.91. The van der Waals surface area contributed by atoms with E-state index in [1.807, 2.05) is 41.8 Å². The van der Waals surface area contributed by atoms with Gasteiger partial charge in [-0.1, -0.05) is 18.2 Å². The Bertz CT molecular complexity index is 801. The zero-order valence-electron chi connectivity index (χ0n) is 13.5. The summed E-state index contributed by atoms with van der Waals surface area (Å²) in [7, 11) is 0. The fourth-order valence-corrected chi connectivity index (χ4v) is 4.08. The second kappa shape index (κ2) is 6.33. The second-order valence-electron chi connectivity index (χ2n) is 6.17. The number of hydrogen-bond donors (Lipinski definition) is 1. The Labute approximate surface area is 149 Å². The average molecular weight is 355 g/mol. The molecule has 2 fully saturated rings. The Morgan fingerprint density at radius 3 is 2.60 bits per heavy atom. The van der Waals surface area contributed by atoms with Crippen molar-refractivity contribution in [1.82, 2.24) is 15.1 Å². The number of thiophene rings is 1. The minimum Gasteiger partial charge on any atom is -0.336 e. The summed E-state index contributed by atoms with van der Waals surface area (Å²) in [4.78, 5) is 40.4. The summed E-state index contributed by atoms with van der Waals surface area (Å²) in [5, 5.41) is 4.55. The van der Waals surface area contributed by atoms with Crippen molar-refractivity contribution in [3.63, 3.8) is 0 Å². The minimum atomic E-state index is -0.357. The molecule has 7 heteroatoms. The highest BCUT2D eigenvalue weighted by Gasteiger charge is 2.39. The van der Waals surface area contributed by atoms with Crippen molar-refractivity contribution in [2.45, 2.75) is 12.5 Å². The third-order valence-electron chi connectivity index (χ3n) is 4.63. The molecule has 0 spiro atoms. The first-order chi connectivity index (χ1) is 12.1. The molecule has 25 heavy (non-hydrogen) atoms. The van der Waals surface area contributed by atoms with Crippen LogP contribution >= 0.6 is 11.3 Å². The van der Waals surface area contributed by atoms with E-state index in [-0.39, 0.29) is 30.4 Å². The standard InChI is InChI=1S/C18H17N3O3S/c22-16-10-19-18(24)21(16)14-7-8-20(11-14)17(23)13-5-3-12(4-6-13)15-2-1-9-25-15/h1-6,9,14H,7-8,10-11H2,(H,19,24). The van der Waals surface area contributed by atoms with Gasteiger partial charge in [-0.2, -0.15) is 0 Å². The maximum Gasteiger partial charge on any atom is 0.324 e. The van der Waals surface area contributed by atoms with Gasteiger partial charge in [0.25, 0.3) is 5.91 Å². The van der Waals surface area contributed by atoms with E-state index >= 15 is 0 Å². The van der Waals surface area contributed by atoms with Gasteiger partial charge < -0.3 is 10.2 Å². The Morgan fingerprint density at radius 1 is 1.16 bits per heavy atom. The van der Waals surface area contributed by atoms with Crippen LogP contribution in [0.2, 0.25) is 0 Å². The number of rotatable bonds is 3. The summed E-state index contributed by atoms with van der Waals surface area (Å²) in [5.74, 6) is -0.281. The molecule has 0 saturated carbocycles. The van der Waals surface area contributed by atoms with E-state index in [1.165, 1.54) is 9.78 Å². The van der Waals surface area contributed by atoms with Crippen LogP contribution in [0.25, 0.3) is 10.4 Å². The van der Waals surface area contributed by atoms with Crippen LogP contribution in [0.5, 0.6) is 0 Å². The lowest BCUT2D eigenvalue weighted by atomic mass is 10.1. The van der Waals surface area contributed by atoms with Gasteiger partial charge in [0.15, 0.2) is 0 Å². The van der Waals surface area contributed by atoms with E-state index in [4.69, 9.17) is 0 Å². The molecule has 0 radical (unpaired) electrons. The van der Waals surface area contributed by atoms with Crippen LogP contribution in [-0.2, 0) is 4.79 Å². The number of imide groups is 1. The zero-order chi connectivity index (χ0) is 17.4. The predicted octanol–water partition coefficient (Wildman–Crippen LogP) is 2.18. The second-order valence-corrected chi connectivity index (χ2v) is 7.12. The first-order valence-electron chi connectivity index (χ1n) is 8.16. The molecule has 2 aliphatic heterocycles. The Balaban J connectivity index is 1.45. The lowest BCUT2D eigenvalue weighted by Crippen LogP contribution is -2.42. The largest absolute Gasteiger partial charge is 0.336 e. The van der Waals surface area contributed by atoms with Gasteiger partial charge in [-0.3, -0.25) is 14.5 Å². The van der Waals surface area contributed by atoms with Crippen molar-refractivity contribution in [2.75, 3.05) is 19.6 Å². The molecule has 0 aliphatic carbocycles. The van der Waals surface area contributed by atoms with Crippen molar-refractivity contribution in [1.29, 1.82) is 0 Å². The fraction of sp³-hybridized carbons (Fsp3) is 0.278. The van der Waals surface area contributed by atoms with E-state index in [0.29, 0.717) is 25.1 Å².